The lowest BCUT2D eigenvalue weighted by atomic mass is 10.0. The average molecular weight is 527 g/mol. The molecule has 1 amide bonds. The minimum atomic E-state index is -3.57. The number of nitrogens with two attached hydrogens (primary N) is 1. The molecule has 4 aromatic rings. The van der Waals surface area contributed by atoms with Crippen molar-refractivity contribution >= 4 is 38.7 Å². The number of amides is 1. The number of furan rings is 1. The van der Waals surface area contributed by atoms with Crippen LogP contribution in [0.15, 0.2) is 65.1 Å². The summed E-state index contributed by atoms with van der Waals surface area (Å²) in [6.07, 6.45) is 0.248. The Balaban J connectivity index is 1.83. The molecule has 3 aromatic carbocycles. The molecule has 0 radical (unpaired) electrons. The second-order valence-corrected chi connectivity index (χ2v) is 10.2. The summed E-state index contributed by atoms with van der Waals surface area (Å²) in [6, 6.07) is 15.2. The topological polar surface area (TPSA) is 129 Å². The third kappa shape index (κ3) is 5.41. The molecule has 1 aromatic heterocycles. The number of carbonyl (C=O) groups is 2. The van der Waals surface area contributed by atoms with Crippen molar-refractivity contribution in [2.45, 2.75) is 13.3 Å². The molecule has 2 N–H and O–H groups in total. The van der Waals surface area contributed by atoms with E-state index in [1.165, 1.54) is 37.4 Å². The van der Waals surface area contributed by atoms with E-state index in [9.17, 15) is 22.4 Å². The zero-order chi connectivity index (χ0) is 26.9. The molecule has 37 heavy (non-hydrogen) atoms. The molecule has 192 valence electrons. The van der Waals surface area contributed by atoms with Gasteiger partial charge in [-0.3, -0.25) is 4.31 Å². The zero-order valence-corrected chi connectivity index (χ0v) is 21.0. The first-order valence-electron chi connectivity index (χ1n) is 11.1. The second-order valence-electron chi connectivity index (χ2n) is 8.16. The van der Waals surface area contributed by atoms with Gasteiger partial charge < -0.3 is 19.6 Å². The quantitative estimate of drug-likeness (QED) is 0.258. The number of hydrogen-bond donors (Lipinski definition) is 1. The minimum absolute atomic E-state index is 0.0377. The summed E-state index contributed by atoms with van der Waals surface area (Å²) >= 11 is 0. The summed E-state index contributed by atoms with van der Waals surface area (Å²) in [4.78, 5) is 24.2. The molecule has 0 aliphatic rings. The van der Waals surface area contributed by atoms with Crippen molar-refractivity contribution in [3.05, 3.63) is 77.6 Å². The van der Waals surface area contributed by atoms with Crippen LogP contribution in [0.5, 0.6) is 11.5 Å². The normalized spacial score (nSPS) is 11.4. The van der Waals surface area contributed by atoms with Crippen LogP contribution in [0.25, 0.3) is 22.3 Å². The number of carbonyl (C=O) groups excluding carboxylic acids is 2. The number of ether oxygens (including phenoxy) is 2. The van der Waals surface area contributed by atoms with Gasteiger partial charge in [-0.2, -0.15) is 0 Å². The van der Waals surface area contributed by atoms with Gasteiger partial charge in [0.15, 0.2) is 0 Å². The highest BCUT2D eigenvalue weighted by Gasteiger charge is 2.27. The Labute approximate surface area is 212 Å². The van der Waals surface area contributed by atoms with Crippen molar-refractivity contribution in [1.29, 1.82) is 0 Å². The number of esters is 1. The summed E-state index contributed by atoms with van der Waals surface area (Å²) in [5.41, 5.74) is 6.72. The van der Waals surface area contributed by atoms with Gasteiger partial charge in [0.2, 0.25) is 10.0 Å². The van der Waals surface area contributed by atoms with Gasteiger partial charge in [0, 0.05) is 24.1 Å². The van der Waals surface area contributed by atoms with Crippen molar-refractivity contribution in [2.75, 3.05) is 17.6 Å². The smallest absolute Gasteiger partial charge is 0.412 e. The number of halogens is 1. The molecule has 4 rings (SSSR count). The van der Waals surface area contributed by atoms with Crippen molar-refractivity contribution in [1.82, 2.24) is 0 Å². The van der Waals surface area contributed by atoms with Crippen LogP contribution in [0.3, 0.4) is 0 Å². The maximum Gasteiger partial charge on any atom is 0.412 e. The van der Waals surface area contributed by atoms with Crippen molar-refractivity contribution < 1.29 is 36.3 Å². The molecule has 0 atom stereocenters. The van der Waals surface area contributed by atoms with Crippen molar-refractivity contribution in [3.63, 3.8) is 0 Å². The van der Waals surface area contributed by atoms with Crippen molar-refractivity contribution in [2.24, 2.45) is 5.73 Å². The fourth-order valence-electron chi connectivity index (χ4n) is 3.79. The molecule has 0 aliphatic heterocycles. The van der Waals surface area contributed by atoms with Crippen LogP contribution in [0.2, 0.25) is 0 Å². The lowest BCUT2D eigenvalue weighted by Gasteiger charge is -2.19. The summed E-state index contributed by atoms with van der Waals surface area (Å²) in [5, 5.41) is 0.329. The number of nitrogens with zero attached hydrogens (tertiary/aromatic N) is 1. The Morgan fingerprint density at radius 1 is 1.03 bits per heavy atom. The highest BCUT2D eigenvalue weighted by molar-refractivity contribution is 7.92. The van der Waals surface area contributed by atoms with Gasteiger partial charge in [-0.25, -0.2) is 22.4 Å². The monoisotopic (exact) mass is 526 g/mol. The van der Waals surface area contributed by atoms with Gasteiger partial charge in [-0.1, -0.05) is 6.92 Å². The first-order valence-corrected chi connectivity index (χ1v) is 12.9. The van der Waals surface area contributed by atoms with Gasteiger partial charge in [0.1, 0.15) is 34.2 Å². The fraction of sp³-hybridized carbons (Fsp3) is 0.154. The predicted octanol–water partition coefficient (Wildman–Crippen LogP) is 5.22. The molecule has 0 saturated heterocycles. The third-order valence-corrected chi connectivity index (χ3v) is 6.86. The highest BCUT2D eigenvalue weighted by atomic mass is 32.2. The second kappa shape index (κ2) is 9.94. The lowest BCUT2D eigenvalue weighted by Crippen LogP contribution is -2.25. The van der Waals surface area contributed by atoms with E-state index in [4.69, 9.17) is 14.9 Å². The van der Waals surface area contributed by atoms with E-state index < -0.39 is 22.1 Å². The molecule has 0 unspecified atom stereocenters. The summed E-state index contributed by atoms with van der Waals surface area (Å²) < 4.78 is 55.0. The van der Waals surface area contributed by atoms with Crippen LogP contribution < -0.4 is 14.8 Å². The molecule has 9 nitrogen and oxygen atoms in total. The Bertz CT molecular complexity index is 1590. The van der Waals surface area contributed by atoms with Gasteiger partial charge in [0.05, 0.1) is 11.9 Å². The lowest BCUT2D eigenvalue weighted by molar-refractivity contribution is 0.0640. The van der Waals surface area contributed by atoms with Gasteiger partial charge in [-0.15, -0.1) is 0 Å². The number of benzene rings is 3. The zero-order valence-electron chi connectivity index (χ0n) is 20.1. The first-order chi connectivity index (χ1) is 17.5. The molecule has 0 aliphatic carbocycles. The number of sulfonamides is 1. The van der Waals surface area contributed by atoms with E-state index in [2.05, 4.69) is 4.74 Å². The third-order valence-electron chi connectivity index (χ3n) is 5.67. The molecular weight excluding hydrogens is 503 g/mol. The molecule has 0 fully saturated rings. The Kier molecular flexibility index (Phi) is 6.90. The number of rotatable bonds is 7. The van der Waals surface area contributed by atoms with Crippen LogP contribution in [-0.2, 0) is 21.2 Å². The number of hydrogen-bond acceptors (Lipinski definition) is 7. The van der Waals surface area contributed by atoms with Crippen LogP contribution in [0.1, 0.15) is 22.8 Å². The minimum Gasteiger partial charge on any atom is -0.457 e. The van der Waals surface area contributed by atoms with Crippen LogP contribution in [0.4, 0.5) is 14.9 Å². The van der Waals surface area contributed by atoms with E-state index in [0.29, 0.717) is 40.1 Å². The average Bonchev–Trinajstić information content (AvgIpc) is 3.22. The molecule has 0 saturated carbocycles. The predicted molar refractivity (Wildman–Crippen MR) is 136 cm³/mol. The van der Waals surface area contributed by atoms with Gasteiger partial charge >= 0.3 is 12.1 Å². The van der Waals surface area contributed by atoms with E-state index in [-0.39, 0.29) is 22.7 Å². The summed E-state index contributed by atoms with van der Waals surface area (Å²) in [7, 11) is -2.16. The van der Waals surface area contributed by atoms with E-state index in [0.717, 1.165) is 10.6 Å². The fourth-order valence-corrected chi connectivity index (χ4v) is 4.32. The highest BCUT2D eigenvalue weighted by Crippen LogP contribution is 2.39. The van der Waals surface area contributed by atoms with E-state index >= 15 is 0 Å². The van der Waals surface area contributed by atoms with Crippen LogP contribution in [0, 0.1) is 5.82 Å². The maximum atomic E-state index is 13.1. The van der Waals surface area contributed by atoms with Crippen LogP contribution in [-0.4, -0.2) is 33.8 Å². The number of anilines is 1. The largest absolute Gasteiger partial charge is 0.457 e. The van der Waals surface area contributed by atoms with Gasteiger partial charge in [0.25, 0.3) is 0 Å². The number of fused-ring (bicyclic) bond motifs is 1. The van der Waals surface area contributed by atoms with Crippen molar-refractivity contribution in [3.8, 4) is 22.8 Å². The van der Waals surface area contributed by atoms with Crippen LogP contribution >= 0.6 is 0 Å². The Morgan fingerprint density at radius 3 is 2.16 bits per heavy atom. The SMILES string of the molecule is CCc1cc2c(C(=O)OC(N)=O)c(-c3ccc(Oc4ccc(F)cc4)cc3)oc2cc1N(C)S(C)(=O)=O. The first kappa shape index (κ1) is 25.7. The number of aryl methyl sites for hydroxylation is 1. The maximum absolute atomic E-state index is 13.1. The van der Waals surface area contributed by atoms with Gasteiger partial charge in [-0.05, 0) is 66.6 Å². The summed E-state index contributed by atoms with van der Waals surface area (Å²) in [6.45, 7) is 1.84. The molecule has 0 bridgehead atoms. The molecular formula is C26H23FN2O7S. The molecule has 0 spiro atoms. The summed E-state index contributed by atoms with van der Waals surface area (Å²) in [5.74, 6) is -0.439. The molecule has 1 heterocycles. The molecule has 11 heteroatoms. The van der Waals surface area contributed by atoms with E-state index in [1.54, 1.807) is 30.3 Å². The standard InChI is InChI=1S/C26H23FN2O7S/c1-4-15-13-20-22(14-21(15)29(2)37(3,32)33)35-24(23(20)25(30)36-26(28)31)16-5-9-18(10-6-16)34-19-11-7-17(27)8-12-19/h5-14H,4H2,1-3H3,(H2,28,31). The Hall–Kier alpha value is -4.38. The Morgan fingerprint density at radius 2 is 1.62 bits per heavy atom. The number of primary amides is 1. The van der Waals surface area contributed by atoms with E-state index in [1.807, 2.05) is 6.92 Å².